The maximum atomic E-state index is 13.1. The van der Waals surface area contributed by atoms with Crippen LogP contribution in [-0.4, -0.2) is 44.4 Å². The van der Waals surface area contributed by atoms with Gasteiger partial charge in [0.05, 0.1) is 17.4 Å². The fraction of sp³-hybridized carbons (Fsp3) is 0.692. The number of amides is 1. The van der Waals surface area contributed by atoms with Crippen LogP contribution in [0.2, 0.25) is 0 Å². The molecule has 5 nitrogen and oxygen atoms in total. The summed E-state index contributed by atoms with van der Waals surface area (Å²) in [6, 6.07) is 0. The minimum absolute atomic E-state index is 0.0171. The van der Waals surface area contributed by atoms with Gasteiger partial charge in [0, 0.05) is 13.1 Å². The highest BCUT2D eigenvalue weighted by atomic mass is 32.2. The van der Waals surface area contributed by atoms with E-state index >= 15 is 0 Å². The van der Waals surface area contributed by atoms with Crippen LogP contribution in [0, 0.1) is 0 Å². The van der Waals surface area contributed by atoms with Crippen molar-refractivity contribution in [2.45, 2.75) is 38.1 Å². The van der Waals surface area contributed by atoms with Crippen molar-refractivity contribution in [1.82, 2.24) is 15.1 Å². The molecule has 0 spiro atoms. The highest BCUT2D eigenvalue weighted by Crippen LogP contribution is 2.32. The zero-order valence-corrected chi connectivity index (χ0v) is 12.9. The Labute approximate surface area is 130 Å². The van der Waals surface area contributed by atoms with Crippen LogP contribution in [0.25, 0.3) is 0 Å². The standard InChI is InChI=1S/C13H18F3N3O2S/c1-2-19-10(13(14,15)16)9(7-18-19)11(20)17-8-12(21)3-5-22-6-4-12/h7,21H,2-6,8H2,1H3,(H,17,20). The van der Waals surface area contributed by atoms with E-state index in [0.29, 0.717) is 12.8 Å². The van der Waals surface area contributed by atoms with Crippen LogP contribution in [-0.2, 0) is 12.7 Å². The van der Waals surface area contributed by atoms with Gasteiger partial charge in [0.2, 0.25) is 0 Å². The van der Waals surface area contributed by atoms with Gasteiger partial charge in [-0.25, -0.2) is 0 Å². The summed E-state index contributed by atoms with van der Waals surface area (Å²) in [6.45, 7) is 1.48. The van der Waals surface area contributed by atoms with E-state index in [9.17, 15) is 23.1 Å². The molecule has 22 heavy (non-hydrogen) atoms. The number of thioether (sulfide) groups is 1. The summed E-state index contributed by atoms with van der Waals surface area (Å²) in [6.07, 6.45) is -2.71. The molecule has 2 rings (SSSR count). The van der Waals surface area contributed by atoms with E-state index in [1.54, 1.807) is 11.8 Å². The summed E-state index contributed by atoms with van der Waals surface area (Å²) in [5.74, 6) is 0.681. The Morgan fingerprint density at radius 2 is 2.14 bits per heavy atom. The smallest absolute Gasteiger partial charge is 0.388 e. The number of alkyl halides is 3. The third kappa shape index (κ3) is 3.75. The SMILES string of the molecule is CCn1ncc(C(=O)NCC2(O)CCSCC2)c1C(F)(F)F. The third-order valence-corrected chi connectivity index (χ3v) is 4.64. The Balaban J connectivity index is 2.11. The van der Waals surface area contributed by atoms with E-state index in [1.807, 2.05) is 0 Å². The maximum Gasteiger partial charge on any atom is 0.433 e. The summed E-state index contributed by atoms with van der Waals surface area (Å²) in [7, 11) is 0. The van der Waals surface area contributed by atoms with Crippen molar-refractivity contribution in [2.24, 2.45) is 0 Å². The van der Waals surface area contributed by atoms with E-state index in [-0.39, 0.29) is 13.1 Å². The molecule has 0 radical (unpaired) electrons. The number of carbonyl (C=O) groups excluding carboxylic acids is 1. The van der Waals surface area contributed by atoms with E-state index in [4.69, 9.17) is 0 Å². The molecule has 0 bridgehead atoms. The van der Waals surface area contributed by atoms with E-state index in [2.05, 4.69) is 10.4 Å². The van der Waals surface area contributed by atoms with Crippen molar-refractivity contribution in [1.29, 1.82) is 0 Å². The molecule has 124 valence electrons. The summed E-state index contributed by atoms with van der Waals surface area (Å²) in [5.41, 5.74) is -2.61. The zero-order valence-electron chi connectivity index (χ0n) is 12.1. The van der Waals surface area contributed by atoms with Crippen molar-refractivity contribution < 1.29 is 23.1 Å². The van der Waals surface area contributed by atoms with Gasteiger partial charge in [-0.05, 0) is 31.3 Å². The van der Waals surface area contributed by atoms with Crippen molar-refractivity contribution in [3.05, 3.63) is 17.5 Å². The lowest BCUT2D eigenvalue weighted by Gasteiger charge is -2.31. The number of rotatable bonds is 4. The topological polar surface area (TPSA) is 67.2 Å². The first kappa shape index (κ1) is 17.1. The molecule has 1 aliphatic heterocycles. The first-order valence-electron chi connectivity index (χ1n) is 6.98. The molecule has 1 amide bonds. The fourth-order valence-corrected chi connectivity index (χ4v) is 3.61. The van der Waals surface area contributed by atoms with Crippen molar-refractivity contribution in [3.8, 4) is 0 Å². The molecule has 0 atom stereocenters. The first-order valence-corrected chi connectivity index (χ1v) is 8.13. The molecule has 0 unspecified atom stereocenters. The second-order valence-electron chi connectivity index (χ2n) is 5.24. The van der Waals surface area contributed by atoms with Gasteiger partial charge in [-0.3, -0.25) is 9.48 Å². The lowest BCUT2D eigenvalue weighted by molar-refractivity contribution is -0.144. The van der Waals surface area contributed by atoms with Crippen LogP contribution in [0.5, 0.6) is 0 Å². The normalized spacial score (nSPS) is 18.2. The summed E-state index contributed by atoms with van der Waals surface area (Å²) < 4.78 is 40.0. The van der Waals surface area contributed by atoms with Crippen LogP contribution in [0.4, 0.5) is 13.2 Å². The van der Waals surface area contributed by atoms with Gasteiger partial charge in [-0.2, -0.15) is 30.0 Å². The van der Waals surface area contributed by atoms with Crippen molar-refractivity contribution in [3.63, 3.8) is 0 Å². The van der Waals surface area contributed by atoms with Gasteiger partial charge in [0.15, 0.2) is 5.69 Å². The molecular formula is C13H18F3N3O2S. The predicted octanol–water partition coefficient (Wildman–Crippen LogP) is 1.91. The molecule has 9 heteroatoms. The summed E-state index contributed by atoms with van der Waals surface area (Å²) >= 11 is 1.71. The first-order chi connectivity index (χ1) is 10.3. The number of nitrogens with zero attached hydrogens (tertiary/aromatic N) is 2. The molecule has 1 saturated heterocycles. The molecule has 0 aliphatic carbocycles. The third-order valence-electron chi connectivity index (χ3n) is 3.65. The van der Waals surface area contributed by atoms with Crippen LogP contribution < -0.4 is 5.32 Å². The number of nitrogens with one attached hydrogen (secondary N) is 1. The second-order valence-corrected chi connectivity index (χ2v) is 6.46. The highest BCUT2D eigenvalue weighted by Gasteiger charge is 2.40. The Morgan fingerprint density at radius 3 is 2.68 bits per heavy atom. The Kier molecular flexibility index (Phi) is 5.06. The monoisotopic (exact) mass is 337 g/mol. The molecule has 1 fully saturated rings. The molecule has 1 aromatic heterocycles. The Bertz CT molecular complexity index is 539. The van der Waals surface area contributed by atoms with Crippen LogP contribution in [0.3, 0.4) is 0 Å². The van der Waals surface area contributed by atoms with E-state index in [0.717, 1.165) is 22.4 Å². The van der Waals surface area contributed by atoms with Gasteiger partial charge < -0.3 is 10.4 Å². The molecule has 0 aromatic carbocycles. The number of aliphatic hydroxyl groups is 1. The summed E-state index contributed by atoms with van der Waals surface area (Å²) in [5, 5.41) is 16.3. The quantitative estimate of drug-likeness (QED) is 0.881. The number of aryl methyl sites for hydroxylation is 1. The molecule has 0 saturated carbocycles. The van der Waals surface area contributed by atoms with E-state index < -0.39 is 28.9 Å². The van der Waals surface area contributed by atoms with Gasteiger partial charge in [-0.1, -0.05) is 0 Å². The second kappa shape index (κ2) is 6.49. The molecule has 2 heterocycles. The van der Waals surface area contributed by atoms with Crippen LogP contribution >= 0.6 is 11.8 Å². The number of hydrogen-bond donors (Lipinski definition) is 2. The van der Waals surface area contributed by atoms with Crippen LogP contribution in [0.15, 0.2) is 6.20 Å². The lowest BCUT2D eigenvalue weighted by atomic mass is 9.97. The Morgan fingerprint density at radius 1 is 1.50 bits per heavy atom. The lowest BCUT2D eigenvalue weighted by Crippen LogP contribution is -2.45. The minimum Gasteiger partial charge on any atom is -0.388 e. The van der Waals surface area contributed by atoms with Crippen molar-refractivity contribution >= 4 is 17.7 Å². The number of halogens is 3. The Hall–Kier alpha value is -1.22. The van der Waals surface area contributed by atoms with Gasteiger partial charge in [0.25, 0.3) is 5.91 Å². The van der Waals surface area contributed by atoms with Gasteiger partial charge >= 0.3 is 6.18 Å². The van der Waals surface area contributed by atoms with Crippen molar-refractivity contribution in [2.75, 3.05) is 18.1 Å². The average Bonchev–Trinajstić information content (AvgIpc) is 2.90. The van der Waals surface area contributed by atoms with E-state index in [1.165, 1.54) is 6.92 Å². The van der Waals surface area contributed by atoms with Gasteiger partial charge in [0.1, 0.15) is 0 Å². The van der Waals surface area contributed by atoms with Gasteiger partial charge in [-0.15, -0.1) is 0 Å². The number of hydrogen-bond acceptors (Lipinski definition) is 4. The summed E-state index contributed by atoms with van der Waals surface area (Å²) in [4.78, 5) is 12.0. The predicted molar refractivity (Wildman–Crippen MR) is 76.7 cm³/mol. The molecule has 1 aliphatic rings. The number of carbonyl (C=O) groups is 1. The highest BCUT2D eigenvalue weighted by molar-refractivity contribution is 7.99. The minimum atomic E-state index is -4.66. The maximum absolute atomic E-state index is 13.1. The van der Waals surface area contributed by atoms with Crippen LogP contribution in [0.1, 0.15) is 35.8 Å². The zero-order chi connectivity index (χ0) is 16.4. The molecule has 1 aromatic rings. The molecular weight excluding hydrogens is 319 g/mol. The fourth-order valence-electron chi connectivity index (χ4n) is 2.36. The number of aromatic nitrogens is 2. The average molecular weight is 337 g/mol. The molecule has 2 N–H and O–H groups in total. The largest absolute Gasteiger partial charge is 0.433 e.